The number of carbonyl (C=O) groups excluding carboxylic acids is 1. The highest BCUT2D eigenvalue weighted by Crippen LogP contribution is 2.28. The van der Waals surface area contributed by atoms with Crippen LogP contribution in [0, 0.1) is 0 Å². The van der Waals surface area contributed by atoms with Crippen LogP contribution in [0.4, 0.5) is 11.5 Å². The lowest BCUT2D eigenvalue weighted by Crippen LogP contribution is -2.12. The number of aromatic amines is 1. The number of hydrogen-bond donors (Lipinski definition) is 4. The molecule has 5 N–H and O–H groups in total. The van der Waals surface area contributed by atoms with Gasteiger partial charge in [-0.05, 0) is 36.4 Å². The number of halogens is 1. The first kappa shape index (κ1) is 18.2. The lowest BCUT2D eigenvalue weighted by Gasteiger charge is -2.05. The number of phenols is 1. The number of nitrogens with one attached hydrogen (secondary N) is 2. The van der Waals surface area contributed by atoms with Gasteiger partial charge in [0.1, 0.15) is 5.75 Å². The summed E-state index contributed by atoms with van der Waals surface area (Å²) in [4.78, 5) is 21.1. The molecule has 0 atom stereocenters. The zero-order chi connectivity index (χ0) is 18.1. The van der Waals surface area contributed by atoms with E-state index in [0.29, 0.717) is 39.5 Å². The number of aromatic nitrogens is 4. The monoisotopic (exact) mass is 382 g/mol. The van der Waals surface area contributed by atoms with Gasteiger partial charge in [0, 0.05) is 16.8 Å². The molecule has 4 aromatic rings. The average molecular weight is 383 g/mol. The van der Waals surface area contributed by atoms with Gasteiger partial charge in [0.05, 0.1) is 11.9 Å². The first-order valence-corrected chi connectivity index (χ1v) is 7.78. The molecule has 136 valence electrons. The fourth-order valence-corrected chi connectivity index (χ4v) is 2.52. The number of phenolic OH excluding ortho intramolecular Hbond substituents is 1. The standard InChI is InChI=1S/C18H14N6O2.ClH/c19-11-7-5-10(6-8-11)18(26)22-17-15-16(23-24-17)20-9-13(21-15)12-3-1-2-4-14(12)25;/h1-9,25H,19H2,(H2,20,22,23,24,26);1H. The minimum Gasteiger partial charge on any atom is -0.507 e. The quantitative estimate of drug-likeness (QED) is 0.403. The summed E-state index contributed by atoms with van der Waals surface area (Å²) in [6.45, 7) is 0. The summed E-state index contributed by atoms with van der Waals surface area (Å²) in [6.07, 6.45) is 1.52. The maximum atomic E-state index is 12.4. The number of para-hydroxylation sites is 1. The van der Waals surface area contributed by atoms with E-state index in [9.17, 15) is 9.90 Å². The molecule has 2 heterocycles. The van der Waals surface area contributed by atoms with E-state index in [2.05, 4.69) is 25.5 Å². The Labute approximate surface area is 159 Å². The number of aromatic hydroxyl groups is 1. The van der Waals surface area contributed by atoms with Gasteiger partial charge in [-0.3, -0.25) is 9.89 Å². The topological polar surface area (TPSA) is 130 Å². The van der Waals surface area contributed by atoms with Crippen LogP contribution in [0.2, 0.25) is 0 Å². The van der Waals surface area contributed by atoms with Gasteiger partial charge in [0.25, 0.3) is 5.91 Å². The first-order valence-electron chi connectivity index (χ1n) is 7.78. The number of amides is 1. The number of H-pyrrole nitrogens is 1. The number of hydrogen-bond acceptors (Lipinski definition) is 6. The Hall–Kier alpha value is -3.65. The minimum absolute atomic E-state index is 0. The van der Waals surface area contributed by atoms with Crippen molar-refractivity contribution in [3.8, 4) is 17.0 Å². The zero-order valence-electron chi connectivity index (χ0n) is 13.9. The maximum Gasteiger partial charge on any atom is 0.256 e. The van der Waals surface area contributed by atoms with Gasteiger partial charge < -0.3 is 16.2 Å². The molecule has 0 unspecified atom stereocenters. The van der Waals surface area contributed by atoms with E-state index < -0.39 is 0 Å². The van der Waals surface area contributed by atoms with E-state index in [4.69, 9.17) is 5.73 Å². The second-order valence-corrected chi connectivity index (χ2v) is 5.62. The van der Waals surface area contributed by atoms with Crippen LogP contribution in [-0.4, -0.2) is 31.2 Å². The number of fused-ring (bicyclic) bond motifs is 1. The third-order valence-electron chi connectivity index (χ3n) is 3.85. The van der Waals surface area contributed by atoms with Crippen LogP contribution in [0.3, 0.4) is 0 Å². The van der Waals surface area contributed by atoms with Crippen LogP contribution < -0.4 is 11.1 Å². The number of benzene rings is 2. The zero-order valence-corrected chi connectivity index (χ0v) is 14.7. The molecule has 9 heteroatoms. The van der Waals surface area contributed by atoms with Crippen molar-refractivity contribution in [1.82, 2.24) is 20.2 Å². The predicted octanol–water partition coefficient (Wildman–Crippen LogP) is 2.98. The smallest absolute Gasteiger partial charge is 0.256 e. The Morgan fingerprint density at radius 2 is 1.85 bits per heavy atom. The number of nitrogen functional groups attached to an aromatic ring is 1. The van der Waals surface area contributed by atoms with Crippen molar-refractivity contribution in [3.05, 3.63) is 60.3 Å². The molecule has 0 bridgehead atoms. The SMILES string of the molecule is Cl.Nc1ccc(C(=O)Nc2[nH]nc3ncc(-c4ccccc4O)nc23)cc1. The molecule has 2 aromatic carbocycles. The molecule has 0 spiro atoms. The third kappa shape index (κ3) is 3.51. The van der Waals surface area contributed by atoms with Crippen molar-refractivity contribution >= 4 is 41.0 Å². The summed E-state index contributed by atoms with van der Waals surface area (Å²) in [7, 11) is 0. The van der Waals surface area contributed by atoms with Gasteiger partial charge in [-0.25, -0.2) is 9.97 Å². The summed E-state index contributed by atoms with van der Waals surface area (Å²) < 4.78 is 0. The predicted molar refractivity (Wildman–Crippen MR) is 105 cm³/mol. The van der Waals surface area contributed by atoms with Gasteiger partial charge >= 0.3 is 0 Å². The Morgan fingerprint density at radius 3 is 2.59 bits per heavy atom. The molecule has 2 aromatic heterocycles. The molecule has 1 amide bonds. The van der Waals surface area contributed by atoms with E-state index in [1.165, 1.54) is 6.20 Å². The second-order valence-electron chi connectivity index (χ2n) is 5.62. The summed E-state index contributed by atoms with van der Waals surface area (Å²) in [5.74, 6) is 0.0917. The lowest BCUT2D eigenvalue weighted by atomic mass is 10.1. The van der Waals surface area contributed by atoms with Crippen LogP contribution in [-0.2, 0) is 0 Å². The molecule has 0 radical (unpaired) electrons. The highest BCUT2D eigenvalue weighted by Gasteiger charge is 2.15. The van der Waals surface area contributed by atoms with Gasteiger partial charge in [-0.2, -0.15) is 5.10 Å². The molecule has 0 aliphatic carbocycles. The van der Waals surface area contributed by atoms with E-state index in [1.54, 1.807) is 48.5 Å². The highest BCUT2D eigenvalue weighted by atomic mass is 35.5. The van der Waals surface area contributed by atoms with Crippen molar-refractivity contribution in [2.24, 2.45) is 0 Å². The van der Waals surface area contributed by atoms with E-state index in [0.717, 1.165) is 0 Å². The van der Waals surface area contributed by atoms with Crippen LogP contribution >= 0.6 is 12.4 Å². The van der Waals surface area contributed by atoms with E-state index >= 15 is 0 Å². The highest BCUT2D eigenvalue weighted by molar-refractivity contribution is 6.07. The fraction of sp³-hybridized carbons (Fsp3) is 0. The maximum absolute atomic E-state index is 12.4. The van der Waals surface area contributed by atoms with Gasteiger partial charge in [0.15, 0.2) is 11.3 Å². The summed E-state index contributed by atoms with van der Waals surface area (Å²) in [5.41, 5.74) is 8.43. The Bertz CT molecular complexity index is 1110. The van der Waals surface area contributed by atoms with Gasteiger partial charge in [0.2, 0.25) is 5.65 Å². The van der Waals surface area contributed by atoms with Crippen molar-refractivity contribution in [1.29, 1.82) is 0 Å². The van der Waals surface area contributed by atoms with Crippen LogP contribution in [0.25, 0.3) is 22.4 Å². The van der Waals surface area contributed by atoms with Gasteiger partial charge in [-0.1, -0.05) is 12.1 Å². The largest absolute Gasteiger partial charge is 0.507 e. The van der Waals surface area contributed by atoms with E-state index in [1.807, 2.05) is 0 Å². The average Bonchev–Trinajstić information content (AvgIpc) is 3.05. The van der Waals surface area contributed by atoms with E-state index in [-0.39, 0.29) is 24.1 Å². The molecule has 0 aliphatic heterocycles. The molecule has 0 saturated heterocycles. The number of nitrogens with zero attached hydrogens (tertiary/aromatic N) is 3. The Morgan fingerprint density at radius 1 is 1.11 bits per heavy atom. The molecular weight excluding hydrogens is 368 g/mol. The number of anilines is 2. The van der Waals surface area contributed by atoms with Crippen molar-refractivity contribution < 1.29 is 9.90 Å². The number of rotatable bonds is 3. The molecule has 27 heavy (non-hydrogen) atoms. The summed E-state index contributed by atoms with van der Waals surface area (Å²) >= 11 is 0. The minimum atomic E-state index is -0.328. The normalized spacial score (nSPS) is 10.4. The number of nitrogens with two attached hydrogens (primary N) is 1. The van der Waals surface area contributed by atoms with Crippen LogP contribution in [0.15, 0.2) is 54.7 Å². The van der Waals surface area contributed by atoms with Gasteiger partial charge in [-0.15, -0.1) is 12.4 Å². The molecule has 0 saturated carbocycles. The lowest BCUT2D eigenvalue weighted by molar-refractivity contribution is 0.102. The molecular formula is C18H15ClN6O2. The van der Waals surface area contributed by atoms with Crippen molar-refractivity contribution in [2.45, 2.75) is 0 Å². The molecule has 4 rings (SSSR count). The third-order valence-corrected chi connectivity index (χ3v) is 3.85. The van der Waals surface area contributed by atoms with Crippen molar-refractivity contribution in [3.63, 3.8) is 0 Å². The summed E-state index contributed by atoms with van der Waals surface area (Å²) in [5, 5.41) is 19.5. The summed E-state index contributed by atoms with van der Waals surface area (Å²) in [6, 6.07) is 13.4. The first-order chi connectivity index (χ1) is 12.6. The Balaban J connectivity index is 0.00000210. The van der Waals surface area contributed by atoms with Crippen LogP contribution in [0.1, 0.15) is 10.4 Å². The fourth-order valence-electron chi connectivity index (χ4n) is 2.52. The Kier molecular flexibility index (Phi) is 4.91. The molecule has 0 aliphatic rings. The molecule has 0 fully saturated rings. The second kappa shape index (κ2) is 7.30. The van der Waals surface area contributed by atoms with Crippen LogP contribution in [0.5, 0.6) is 5.75 Å². The van der Waals surface area contributed by atoms with Crippen molar-refractivity contribution in [2.75, 3.05) is 11.1 Å². The number of carbonyl (C=O) groups is 1. The molecule has 8 nitrogen and oxygen atoms in total.